The molecule has 0 aromatic heterocycles. The van der Waals surface area contributed by atoms with E-state index in [0.29, 0.717) is 0 Å². The number of hydrogen-bond acceptors (Lipinski definition) is 2. The summed E-state index contributed by atoms with van der Waals surface area (Å²) in [6.45, 7) is 0. The average Bonchev–Trinajstić information content (AvgIpc) is 2.17. The average molecular weight is 209 g/mol. The molecule has 74 valence electrons. The Morgan fingerprint density at radius 1 is 1.07 bits per heavy atom. The molecule has 14 heavy (non-hydrogen) atoms. The lowest BCUT2D eigenvalue weighted by atomic mass is 10.1. The van der Waals surface area contributed by atoms with Crippen LogP contribution >= 0.6 is 12.4 Å². The molecule has 0 unspecified atom stereocenters. The summed E-state index contributed by atoms with van der Waals surface area (Å²) in [6, 6.07) is 12.1. The molecule has 2 aromatic rings. The molecule has 3 heteroatoms. The zero-order chi connectivity index (χ0) is 9.26. The van der Waals surface area contributed by atoms with Crippen LogP contribution in [0.2, 0.25) is 0 Å². The van der Waals surface area contributed by atoms with E-state index in [1.54, 1.807) is 0 Å². The lowest BCUT2D eigenvalue weighted by Crippen LogP contribution is -1.93. The Bertz CT molecular complexity index is 435. The highest BCUT2D eigenvalue weighted by Crippen LogP contribution is 2.27. The van der Waals surface area contributed by atoms with Crippen LogP contribution in [0.3, 0.4) is 0 Å². The Balaban J connectivity index is 0.000000980. The van der Waals surface area contributed by atoms with Crippen LogP contribution in [0.1, 0.15) is 0 Å². The van der Waals surface area contributed by atoms with Crippen LogP contribution in [0, 0.1) is 0 Å². The Labute approximate surface area is 89.5 Å². The number of rotatable bonds is 1. The molecule has 0 fully saturated rings. The van der Waals surface area contributed by atoms with E-state index < -0.39 is 0 Å². The first kappa shape index (κ1) is 10.7. The molecule has 0 bridgehead atoms. The Morgan fingerprint density at radius 2 is 1.71 bits per heavy atom. The van der Waals surface area contributed by atoms with Crippen molar-refractivity contribution in [1.29, 1.82) is 0 Å². The molecule has 0 spiro atoms. The molecule has 0 saturated carbocycles. The van der Waals surface area contributed by atoms with Gasteiger partial charge < -0.3 is 11.1 Å². The van der Waals surface area contributed by atoms with Gasteiger partial charge in [0.05, 0.1) is 0 Å². The molecule has 0 radical (unpaired) electrons. The molecule has 0 aliphatic rings. The van der Waals surface area contributed by atoms with Crippen molar-refractivity contribution in [3.05, 3.63) is 36.4 Å². The molecule has 2 aromatic carbocycles. The van der Waals surface area contributed by atoms with Gasteiger partial charge in [-0.1, -0.05) is 24.3 Å². The molecule has 0 aliphatic carbocycles. The second kappa shape index (κ2) is 4.20. The highest BCUT2D eigenvalue weighted by atomic mass is 35.5. The topological polar surface area (TPSA) is 38.0 Å². The summed E-state index contributed by atoms with van der Waals surface area (Å²) in [5.41, 5.74) is 7.79. The van der Waals surface area contributed by atoms with Gasteiger partial charge in [0.25, 0.3) is 0 Å². The van der Waals surface area contributed by atoms with E-state index in [2.05, 4.69) is 17.4 Å². The smallest absolute Gasteiger partial charge is 0.0438 e. The van der Waals surface area contributed by atoms with Crippen molar-refractivity contribution in [3.63, 3.8) is 0 Å². The van der Waals surface area contributed by atoms with E-state index in [1.807, 2.05) is 31.3 Å². The van der Waals surface area contributed by atoms with Gasteiger partial charge in [-0.05, 0) is 17.5 Å². The number of nitrogen functional groups attached to an aromatic ring is 1. The van der Waals surface area contributed by atoms with E-state index >= 15 is 0 Å². The van der Waals surface area contributed by atoms with Crippen molar-refractivity contribution in [3.8, 4) is 0 Å². The van der Waals surface area contributed by atoms with Crippen molar-refractivity contribution in [2.24, 2.45) is 0 Å². The molecule has 0 amide bonds. The lowest BCUT2D eigenvalue weighted by Gasteiger charge is -2.07. The predicted octanol–water partition coefficient (Wildman–Crippen LogP) is 2.89. The molecule has 0 atom stereocenters. The fourth-order valence-corrected chi connectivity index (χ4v) is 1.58. The summed E-state index contributed by atoms with van der Waals surface area (Å²) >= 11 is 0. The van der Waals surface area contributed by atoms with Gasteiger partial charge in [-0.15, -0.1) is 12.4 Å². The van der Waals surface area contributed by atoms with Gasteiger partial charge in [-0.25, -0.2) is 0 Å². The molecule has 0 heterocycles. The van der Waals surface area contributed by atoms with E-state index in [1.165, 1.54) is 5.39 Å². The van der Waals surface area contributed by atoms with Crippen LogP contribution in [-0.2, 0) is 0 Å². The summed E-state index contributed by atoms with van der Waals surface area (Å²) in [5, 5.41) is 5.41. The highest BCUT2D eigenvalue weighted by Gasteiger charge is 2.00. The third-order valence-corrected chi connectivity index (χ3v) is 2.21. The van der Waals surface area contributed by atoms with Gasteiger partial charge in [0.15, 0.2) is 0 Å². The van der Waals surface area contributed by atoms with Crippen molar-refractivity contribution in [2.75, 3.05) is 18.1 Å². The summed E-state index contributed by atoms with van der Waals surface area (Å²) in [4.78, 5) is 0. The maximum absolute atomic E-state index is 5.89. The molecular weight excluding hydrogens is 196 g/mol. The number of hydrogen-bond donors (Lipinski definition) is 2. The van der Waals surface area contributed by atoms with Crippen LogP contribution in [-0.4, -0.2) is 7.05 Å². The van der Waals surface area contributed by atoms with Gasteiger partial charge in [0, 0.05) is 23.8 Å². The quantitative estimate of drug-likeness (QED) is 0.708. The third-order valence-electron chi connectivity index (χ3n) is 2.21. The minimum atomic E-state index is 0. The van der Waals surface area contributed by atoms with Gasteiger partial charge in [0.2, 0.25) is 0 Å². The highest BCUT2D eigenvalue weighted by molar-refractivity contribution is 6.02. The fourth-order valence-electron chi connectivity index (χ4n) is 1.58. The molecular formula is C11H13ClN2. The normalized spacial score (nSPS) is 9.50. The summed E-state index contributed by atoms with van der Waals surface area (Å²) in [5.74, 6) is 0. The van der Waals surface area contributed by atoms with Gasteiger partial charge in [-0.3, -0.25) is 0 Å². The zero-order valence-corrected chi connectivity index (χ0v) is 8.77. The van der Waals surface area contributed by atoms with E-state index in [4.69, 9.17) is 5.73 Å². The van der Waals surface area contributed by atoms with Crippen LogP contribution in [0.5, 0.6) is 0 Å². The first-order valence-electron chi connectivity index (χ1n) is 4.28. The number of nitrogens with two attached hydrogens (primary N) is 1. The first-order chi connectivity index (χ1) is 6.33. The van der Waals surface area contributed by atoms with Gasteiger partial charge in [-0.2, -0.15) is 0 Å². The minimum Gasteiger partial charge on any atom is -0.398 e. The second-order valence-electron chi connectivity index (χ2n) is 3.00. The maximum Gasteiger partial charge on any atom is 0.0438 e. The Morgan fingerprint density at radius 3 is 2.36 bits per heavy atom. The molecule has 3 N–H and O–H groups in total. The number of anilines is 2. The predicted molar refractivity (Wildman–Crippen MR) is 65.2 cm³/mol. The van der Waals surface area contributed by atoms with Crippen LogP contribution < -0.4 is 11.1 Å². The molecule has 2 nitrogen and oxygen atoms in total. The van der Waals surface area contributed by atoms with Crippen molar-refractivity contribution < 1.29 is 0 Å². The van der Waals surface area contributed by atoms with Crippen LogP contribution in [0.4, 0.5) is 11.4 Å². The van der Waals surface area contributed by atoms with Crippen molar-refractivity contribution >= 4 is 34.6 Å². The number of nitrogens with one attached hydrogen (secondary N) is 1. The monoisotopic (exact) mass is 208 g/mol. The lowest BCUT2D eigenvalue weighted by molar-refractivity contribution is 1.54. The maximum atomic E-state index is 5.89. The minimum absolute atomic E-state index is 0. The largest absolute Gasteiger partial charge is 0.398 e. The summed E-state index contributed by atoms with van der Waals surface area (Å²) in [6.07, 6.45) is 0. The zero-order valence-electron chi connectivity index (χ0n) is 7.95. The molecule has 0 saturated heterocycles. The fraction of sp³-hybridized carbons (Fsp3) is 0.0909. The van der Waals surface area contributed by atoms with Crippen molar-refractivity contribution in [2.45, 2.75) is 0 Å². The Hall–Kier alpha value is -1.41. The molecule has 2 rings (SSSR count). The second-order valence-corrected chi connectivity index (χ2v) is 3.00. The van der Waals surface area contributed by atoms with Crippen LogP contribution in [0.25, 0.3) is 10.8 Å². The van der Waals surface area contributed by atoms with Crippen LogP contribution in [0.15, 0.2) is 36.4 Å². The van der Waals surface area contributed by atoms with Gasteiger partial charge >= 0.3 is 0 Å². The summed E-state index contributed by atoms with van der Waals surface area (Å²) in [7, 11) is 1.90. The van der Waals surface area contributed by atoms with E-state index in [9.17, 15) is 0 Å². The Kier molecular flexibility index (Phi) is 3.20. The van der Waals surface area contributed by atoms with E-state index in [-0.39, 0.29) is 12.4 Å². The number of benzene rings is 2. The molecule has 0 aliphatic heterocycles. The SMILES string of the molecule is CNc1cccc2cccc(N)c12.Cl. The summed E-state index contributed by atoms with van der Waals surface area (Å²) < 4.78 is 0. The van der Waals surface area contributed by atoms with Crippen molar-refractivity contribution in [1.82, 2.24) is 0 Å². The van der Waals surface area contributed by atoms with Gasteiger partial charge in [0.1, 0.15) is 0 Å². The first-order valence-corrected chi connectivity index (χ1v) is 4.28. The number of fused-ring (bicyclic) bond motifs is 1. The number of halogens is 1. The standard InChI is InChI=1S/C11H12N2.ClH/c1-13-10-7-3-5-8-4-2-6-9(12)11(8)10;/h2-7,13H,12H2,1H3;1H. The van der Waals surface area contributed by atoms with E-state index in [0.717, 1.165) is 16.8 Å². The third kappa shape index (κ3) is 1.61.